The van der Waals surface area contributed by atoms with Gasteiger partial charge in [-0.3, -0.25) is 9.59 Å². The highest BCUT2D eigenvalue weighted by Gasteiger charge is 2.29. The number of likely N-dealkylation sites (tertiary alicyclic amines) is 1. The summed E-state index contributed by atoms with van der Waals surface area (Å²) in [5.74, 6) is 0.512. The molecule has 1 saturated heterocycles. The second-order valence-corrected chi connectivity index (χ2v) is 6.30. The summed E-state index contributed by atoms with van der Waals surface area (Å²) in [5, 5.41) is 10.1. The van der Waals surface area contributed by atoms with Crippen molar-refractivity contribution >= 4 is 11.8 Å². The highest BCUT2D eigenvalue weighted by molar-refractivity contribution is 5.94. The zero-order valence-corrected chi connectivity index (χ0v) is 14.3. The molecule has 1 aliphatic heterocycles. The average Bonchev–Trinajstić information content (AvgIpc) is 2.60. The number of aliphatic hydroxyl groups excluding tert-OH is 1. The molecule has 1 aliphatic rings. The molecule has 6 heteroatoms. The number of quaternary nitrogens is 1. The van der Waals surface area contributed by atoms with Crippen LogP contribution in [0.3, 0.4) is 0 Å². The second kappa shape index (κ2) is 8.80. The quantitative estimate of drug-likeness (QED) is 0.545. The van der Waals surface area contributed by atoms with Crippen LogP contribution < -0.4 is 9.64 Å². The van der Waals surface area contributed by atoms with Gasteiger partial charge in [0.1, 0.15) is 25.0 Å². The molecule has 2 rings (SSSR count). The topological polar surface area (TPSA) is 77.3 Å². The molecular formula is C18H26NO5+. The van der Waals surface area contributed by atoms with Gasteiger partial charge in [0.05, 0.1) is 26.1 Å². The molecular weight excluding hydrogens is 310 g/mol. The summed E-state index contributed by atoms with van der Waals surface area (Å²) < 4.78 is 10.4. The summed E-state index contributed by atoms with van der Waals surface area (Å²) in [4.78, 5) is 24.0. The summed E-state index contributed by atoms with van der Waals surface area (Å²) >= 11 is 0. The van der Waals surface area contributed by atoms with Gasteiger partial charge < -0.3 is 19.5 Å². The molecule has 0 spiro atoms. The first-order chi connectivity index (χ1) is 11.5. The van der Waals surface area contributed by atoms with Crippen LogP contribution in [0.4, 0.5) is 0 Å². The van der Waals surface area contributed by atoms with E-state index in [9.17, 15) is 14.7 Å². The number of rotatable bonds is 7. The lowest BCUT2D eigenvalue weighted by Crippen LogP contribution is -3.14. The van der Waals surface area contributed by atoms with E-state index in [1.54, 1.807) is 24.3 Å². The second-order valence-electron chi connectivity index (χ2n) is 6.30. The fourth-order valence-electron chi connectivity index (χ4n) is 3.00. The van der Waals surface area contributed by atoms with E-state index >= 15 is 0 Å². The standard InChI is InChI=1S/C18H25NO5/c1-13(20)14-3-5-17(6-4-14)24-12-16(21)11-19-9-7-15(8-10-19)18(22)23-2/h3-6,15-16,21H,7-12H2,1-2H3/p+1/t16-/m0/s1. The van der Waals surface area contributed by atoms with E-state index in [-0.39, 0.29) is 24.3 Å². The molecule has 132 valence electrons. The number of methoxy groups -OCH3 is 1. The molecule has 0 bridgehead atoms. The summed E-state index contributed by atoms with van der Waals surface area (Å²) in [7, 11) is 1.42. The van der Waals surface area contributed by atoms with E-state index in [4.69, 9.17) is 9.47 Å². The summed E-state index contributed by atoms with van der Waals surface area (Å²) in [5.41, 5.74) is 0.640. The highest BCUT2D eigenvalue weighted by Crippen LogP contribution is 2.13. The Bertz CT molecular complexity index is 549. The lowest BCUT2D eigenvalue weighted by atomic mass is 9.97. The number of Topliss-reactive ketones (excluding diaryl/α,β-unsaturated/α-hetero) is 1. The first-order valence-corrected chi connectivity index (χ1v) is 8.33. The van der Waals surface area contributed by atoms with Crippen LogP contribution in [0.25, 0.3) is 0 Å². The summed E-state index contributed by atoms with van der Waals surface area (Å²) in [6, 6.07) is 6.90. The molecule has 2 N–H and O–H groups in total. The number of carbonyl (C=O) groups is 2. The van der Waals surface area contributed by atoms with Gasteiger partial charge in [-0.1, -0.05) is 0 Å². The molecule has 0 saturated carbocycles. The first-order valence-electron chi connectivity index (χ1n) is 8.33. The molecule has 1 fully saturated rings. The van der Waals surface area contributed by atoms with Gasteiger partial charge in [-0.05, 0) is 31.2 Å². The number of aliphatic hydroxyl groups is 1. The predicted molar refractivity (Wildman–Crippen MR) is 88.3 cm³/mol. The zero-order valence-electron chi connectivity index (χ0n) is 14.3. The van der Waals surface area contributed by atoms with E-state index in [1.165, 1.54) is 18.9 Å². The van der Waals surface area contributed by atoms with Crippen LogP contribution in [-0.2, 0) is 9.53 Å². The van der Waals surface area contributed by atoms with Gasteiger partial charge in [-0.25, -0.2) is 0 Å². The summed E-state index contributed by atoms with van der Waals surface area (Å²) in [6.07, 6.45) is 1.02. The van der Waals surface area contributed by atoms with Crippen molar-refractivity contribution < 1.29 is 29.1 Å². The third-order valence-electron chi connectivity index (χ3n) is 4.45. The first kappa shape index (κ1) is 18.4. The molecule has 1 heterocycles. The van der Waals surface area contributed by atoms with Crippen molar-refractivity contribution in [1.29, 1.82) is 0 Å². The molecule has 0 aliphatic carbocycles. The maximum absolute atomic E-state index is 11.5. The molecule has 0 amide bonds. The van der Waals surface area contributed by atoms with Crippen LogP contribution in [0.2, 0.25) is 0 Å². The number of piperidine rings is 1. The minimum atomic E-state index is -0.567. The van der Waals surface area contributed by atoms with Crippen LogP contribution in [0.5, 0.6) is 5.75 Å². The van der Waals surface area contributed by atoms with Crippen LogP contribution in [-0.4, -0.2) is 56.3 Å². The minimum absolute atomic E-state index is 0.00747. The van der Waals surface area contributed by atoms with E-state index in [1.807, 2.05) is 0 Å². The fourth-order valence-corrected chi connectivity index (χ4v) is 3.00. The van der Waals surface area contributed by atoms with Crippen molar-refractivity contribution in [3.05, 3.63) is 29.8 Å². The Kier molecular flexibility index (Phi) is 6.75. The van der Waals surface area contributed by atoms with Crippen LogP contribution in [0, 0.1) is 5.92 Å². The smallest absolute Gasteiger partial charge is 0.309 e. The molecule has 0 unspecified atom stereocenters. The molecule has 24 heavy (non-hydrogen) atoms. The third-order valence-corrected chi connectivity index (χ3v) is 4.45. The maximum atomic E-state index is 11.5. The van der Waals surface area contributed by atoms with Crippen molar-refractivity contribution in [3.63, 3.8) is 0 Å². The third kappa shape index (κ3) is 5.32. The highest BCUT2D eigenvalue weighted by atomic mass is 16.5. The van der Waals surface area contributed by atoms with Crippen molar-refractivity contribution in [2.75, 3.05) is 33.4 Å². The lowest BCUT2D eigenvalue weighted by molar-refractivity contribution is -0.908. The van der Waals surface area contributed by atoms with Crippen molar-refractivity contribution in [2.24, 2.45) is 5.92 Å². The zero-order chi connectivity index (χ0) is 17.5. The monoisotopic (exact) mass is 336 g/mol. The van der Waals surface area contributed by atoms with E-state index in [0.29, 0.717) is 17.9 Å². The van der Waals surface area contributed by atoms with Gasteiger partial charge in [0, 0.05) is 18.4 Å². The van der Waals surface area contributed by atoms with Gasteiger partial charge in [0.25, 0.3) is 0 Å². The van der Waals surface area contributed by atoms with Crippen LogP contribution >= 0.6 is 0 Å². The number of carbonyl (C=O) groups excluding carboxylic acids is 2. The number of hydrogen-bond acceptors (Lipinski definition) is 5. The van der Waals surface area contributed by atoms with Crippen LogP contribution in [0.15, 0.2) is 24.3 Å². The SMILES string of the molecule is COC(=O)C1CC[NH+](C[C@H](O)COc2ccc(C(C)=O)cc2)CC1. The number of ketones is 1. The average molecular weight is 336 g/mol. The van der Waals surface area contributed by atoms with E-state index in [0.717, 1.165) is 25.9 Å². The minimum Gasteiger partial charge on any atom is -0.491 e. The summed E-state index contributed by atoms with van der Waals surface area (Å²) in [6.45, 7) is 4.03. The van der Waals surface area contributed by atoms with E-state index < -0.39 is 6.10 Å². The predicted octanol–water partition coefficient (Wildman–Crippen LogP) is 0.0968. The Hall–Kier alpha value is -1.92. The van der Waals surface area contributed by atoms with Gasteiger partial charge >= 0.3 is 5.97 Å². The molecule has 1 atom stereocenters. The van der Waals surface area contributed by atoms with E-state index in [2.05, 4.69) is 0 Å². The van der Waals surface area contributed by atoms with Gasteiger partial charge in [0.2, 0.25) is 0 Å². The Balaban J connectivity index is 1.71. The number of hydrogen-bond donors (Lipinski definition) is 2. The fraction of sp³-hybridized carbons (Fsp3) is 0.556. The Morgan fingerprint density at radius 1 is 1.25 bits per heavy atom. The molecule has 6 nitrogen and oxygen atoms in total. The molecule has 0 aromatic heterocycles. The Morgan fingerprint density at radius 3 is 2.42 bits per heavy atom. The largest absolute Gasteiger partial charge is 0.491 e. The maximum Gasteiger partial charge on any atom is 0.309 e. The molecule has 1 aromatic rings. The van der Waals surface area contributed by atoms with Crippen LogP contribution in [0.1, 0.15) is 30.1 Å². The van der Waals surface area contributed by atoms with Gasteiger partial charge in [-0.2, -0.15) is 0 Å². The lowest BCUT2D eigenvalue weighted by Gasteiger charge is -2.29. The number of nitrogens with one attached hydrogen (secondary N) is 1. The normalized spacial score (nSPS) is 21.8. The number of esters is 1. The van der Waals surface area contributed by atoms with Crippen molar-refractivity contribution in [3.8, 4) is 5.75 Å². The number of benzene rings is 1. The van der Waals surface area contributed by atoms with Crippen molar-refractivity contribution in [1.82, 2.24) is 0 Å². The van der Waals surface area contributed by atoms with Crippen molar-refractivity contribution in [2.45, 2.75) is 25.9 Å². The molecule has 1 aromatic carbocycles. The van der Waals surface area contributed by atoms with Gasteiger partial charge in [0.15, 0.2) is 5.78 Å². The van der Waals surface area contributed by atoms with Gasteiger partial charge in [-0.15, -0.1) is 0 Å². The Morgan fingerprint density at radius 2 is 1.88 bits per heavy atom. The molecule has 0 radical (unpaired) electrons. The number of ether oxygens (including phenoxy) is 2. The Labute approximate surface area is 142 Å².